The number of nitrogens with one attached hydrogen (secondary N) is 1. The van der Waals surface area contributed by atoms with E-state index in [2.05, 4.69) is 5.32 Å². The zero-order chi connectivity index (χ0) is 14.4. The van der Waals surface area contributed by atoms with Crippen molar-refractivity contribution in [3.8, 4) is 0 Å². The Bertz CT molecular complexity index is 501. The van der Waals surface area contributed by atoms with Crippen LogP contribution in [-0.4, -0.2) is 40.6 Å². The number of hydrogen-bond donors (Lipinski definition) is 4. The van der Waals surface area contributed by atoms with E-state index in [-0.39, 0.29) is 24.1 Å². The van der Waals surface area contributed by atoms with Crippen LogP contribution in [0, 0.1) is 0 Å². The standard InChI is InChI=1S/C12H14N2O5/c13-10(16)7-2-1-3-8(6-7)11(17)14-5-4-9(15)12(18)19/h1-3,6,9,15H,4-5H2,(H2,13,16)(H,14,17)(H,18,19)/t9-/m0/s1. The number of carbonyl (C=O) groups excluding carboxylic acids is 2. The molecule has 0 aromatic heterocycles. The summed E-state index contributed by atoms with van der Waals surface area (Å²) in [4.78, 5) is 33.0. The van der Waals surface area contributed by atoms with Gasteiger partial charge in [-0.1, -0.05) is 6.07 Å². The van der Waals surface area contributed by atoms with Crippen molar-refractivity contribution < 1.29 is 24.6 Å². The lowest BCUT2D eigenvalue weighted by molar-refractivity contribution is -0.146. The van der Waals surface area contributed by atoms with E-state index in [0.717, 1.165) is 0 Å². The molecular formula is C12H14N2O5. The molecule has 1 rings (SSSR count). The van der Waals surface area contributed by atoms with Crippen molar-refractivity contribution in [3.63, 3.8) is 0 Å². The minimum absolute atomic E-state index is 0.00704. The van der Waals surface area contributed by atoms with E-state index < -0.39 is 23.9 Å². The van der Waals surface area contributed by atoms with Crippen LogP contribution in [0.2, 0.25) is 0 Å². The molecule has 1 aromatic rings. The third kappa shape index (κ3) is 4.40. The van der Waals surface area contributed by atoms with E-state index in [9.17, 15) is 14.4 Å². The van der Waals surface area contributed by atoms with E-state index in [1.165, 1.54) is 24.3 Å². The van der Waals surface area contributed by atoms with Gasteiger partial charge in [0.05, 0.1) is 0 Å². The van der Waals surface area contributed by atoms with Crippen molar-refractivity contribution in [1.29, 1.82) is 0 Å². The molecule has 1 atom stereocenters. The fourth-order valence-corrected chi connectivity index (χ4v) is 1.36. The highest BCUT2D eigenvalue weighted by molar-refractivity contribution is 5.99. The molecule has 0 saturated carbocycles. The van der Waals surface area contributed by atoms with Gasteiger partial charge in [0.25, 0.3) is 5.91 Å². The maximum Gasteiger partial charge on any atom is 0.332 e. The number of carboxylic acids is 1. The zero-order valence-corrected chi connectivity index (χ0v) is 10.00. The summed E-state index contributed by atoms with van der Waals surface area (Å²) in [7, 11) is 0. The summed E-state index contributed by atoms with van der Waals surface area (Å²) in [5, 5.41) is 19.9. The molecule has 0 aliphatic rings. The highest BCUT2D eigenvalue weighted by atomic mass is 16.4. The molecule has 5 N–H and O–H groups in total. The van der Waals surface area contributed by atoms with Crippen molar-refractivity contribution in [3.05, 3.63) is 35.4 Å². The summed E-state index contributed by atoms with van der Waals surface area (Å²) in [5.74, 6) is -2.46. The molecular weight excluding hydrogens is 252 g/mol. The molecule has 7 heteroatoms. The van der Waals surface area contributed by atoms with Crippen LogP contribution < -0.4 is 11.1 Å². The Hall–Kier alpha value is -2.41. The van der Waals surface area contributed by atoms with Gasteiger partial charge in [0.15, 0.2) is 6.10 Å². The van der Waals surface area contributed by atoms with E-state index in [1.807, 2.05) is 0 Å². The third-order valence-corrected chi connectivity index (χ3v) is 2.40. The van der Waals surface area contributed by atoms with Gasteiger partial charge in [-0.3, -0.25) is 9.59 Å². The number of aliphatic carboxylic acids is 1. The minimum Gasteiger partial charge on any atom is -0.479 e. The Morgan fingerprint density at radius 3 is 2.47 bits per heavy atom. The number of aliphatic hydroxyl groups excluding tert-OH is 1. The number of primary amides is 1. The summed E-state index contributed by atoms with van der Waals surface area (Å²) in [6.07, 6.45) is -1.62. The molecule has 0 aliphatic heterocycles. The molecule has 0 fully saturated rings. The highest BCUT2D eigenvalue weighted by Crippen LogP contribution is 2.04. The largest absolute Gasteiger partial charge is 0.479 e. The lowest BCUT2D eigenvalue weighted by Crippen LogP contribution is -2.30. The molecule has 2 amide bonds. The van der Waals surface area contributed by atoms with Gasteiger partial charge in [-0.05, 0) is 18.2 Å². The van der Waals surface area contributed by atoms with Gasteiger partial charge < -0.3 is 21.3 Å². The second-order valence-electron chi connectivity index (χ2n) is 3.84. The Kier molecular flexibility index (Phi) is 5.01. The molecule has 19 heavy (non-hydrogen) atoms. The van der Waals surface area contributed by atoms with E-state index in [4.69, 9.17) is 15.9 Å². The number of carbonyl (C=O) groups is 3. The fraction of sp³-hybridized carbons (Fsp3) is 0.250. The average Bonchev–Trinajstić information content (AvgIpc) is 2.38. The topological polar surface area (TPSA) is 130 Å². The van der Waals surface area contributed by atoms with E-state index >= 15 is 0 Å². The summed E-state index contributed by atoms with van der Waals surface area (Å²) in [6, 6.07) is 5.83. The number of carboxylic acid groups (broad SMARTS) is 1. The number of rotatable bonds is 6. The molecule has 0 saturated heterocycles. The van der Waals surface area contributed by atoms with Crippen molar-refractivity contribution in [2.24, 2.45) is 5.73 Å². The lowest BCUT2D eigenvalue weighted by Gasteiger charge is -2.07. The molecule has 1 aromatic carbocycles. The molecule has 0 radical (unpaired) electrons. The minimum atomic E-state index is -1.52. The SMILES string of the molecule is NC(=O)c1cccc(C(=O)NCC[C@H](O)C(=O)O)c1. The summed E-state index contributed by atoms with van der Waals surface area (Å²) in [6.45, 7) is 0.00704. The molecule has 7 nitrogen and oxygen atoms in total. The van der Waals surface area contributed by atoms with Crippen LogP contribution in [0.15, 0.2) is 24.3 Å². The normalized spacial score (nSPS) is 11.6. The van der Waals surface area contributed by atoms with Crippen molar-refractivity contribution in [2.45, 2.75) is 12.5 Å². The van der Waals surface area contributed by atoms with Gasteiger partial charge in [0, 0.05) is 24.1 Å². The van der Waals surface area contributed by atoms with Gasteiger partial charge in [-0.25, -0.2) is 4.79 Å². The van der Waals surface area contributed by atoms with Crippen LogP contribution in [0.3, 0.4) is 0 Å². The van der Waals surface area contributed by atoms with E-state index in [1.54, 1.807) is 0 Å². The number of benzene rings is 1. The first-order valence-corrected chi connectivity index (χ1v) is 5.50. The zero-order valence-electron chi connectivity index (χ0n) is 10.00. The van der Waals surface area contributed by atoms with Crippen LogP contribution in [-0.2, 0) is 4.79 Å². The molecule has 0 unspecified atom stereocenters. The quantitative estimate of drug-likeness (QED) is 0.543. The summed E-state index contributed by atoms with van der Waals surface area (Å²) >= 11 is 0. The number of nitrogens with two attached hydrogens (primary N) is 1. The second kappa shape index (κ2) is 6.50. The van der Waals surface area contributed by atoms with E-state index in [0.29, 0.717) is 0 Å². The first-order chi connectivity index (χ1) is 8.91. The first-order valence-electron chi connectivity index (χ1n) is 5.50. The van der Waals surface area contributed by atoms with Crippen molar-refractivity contribution >= 4 is 17.8 Å². The maximum atomic E-state index is 11.7. The van der Waals surface area contributed by atoms with Crippen LogP contribution in [0.5, 0.6) is 0 Å². The monoisotopic (exact) mass is 266 g/mol. The molecule has 0 aliphatic carbocycles. The average molecular weight is 266 g/mol. The van der Waals surface area contributed by atoms with Crippen LogP contribution >= 0.6 is 0 Å². The van der Waals surface area contributed by atoms with Crippen molar-refractivity contribution in [1.82, 2.24) is 5.32 Å². The van der Waals surface area contributed by atoms with Crippen molar-refractivity contribution in [2.75, 3.05) is 6.54 Å². The van der Waals surface area contributed by atoms with Gasteiger partial charge in [0.2, 0.25) is 5.91 Å². The van der Waals surface area contributed by atoms with Gasteiger partial charge in [-0.2, -0.15) is 0 Å². The van der Waals surface area contributed by atoms with Crippen LogP contribution in [0.4, 0.5) is 0 Å². The predicted molar refractivity (Wildman–Crippen MR) is 65.6 cm³/mol. The molecule has 0 heterocycles. The van der Waals surface area contributed by atoms with Gasteiger partial charge >= 0.3 is 5.97 Å². The number of amides is 2. The Morgan fingerprint density at radius 1 is 1.26 bits per heavy atom. The summed E-state index contributed by atoms with van der Waals surface area (Å²) in [5.41, 5.74) is 5.53. The fourth-order valence-electron chi connectivity index (χ4n) is 1.36. The highest BCUT2D eigenvalue weighted by Gasteiger charge is 2.13. The molecule has 0 spiro atoms. The summed E-state index contributed by atoms with van der Waals surface area (Å²) < 4.78 is 0. The Balaban J connectivity index is 2.56. The molecule has 102 valence electrons. The second-order valence-corrected chi connectivity index (χ2v) is 3.84. The predicted octanol–water partition coefficient (Wildman–Crippen LogP) is -0.649. The third-order valence-electron chi connectivity index (χ3n) is 2.40. The van der Waals surface area contributed by atoms with Crippen LogP contribution in [0.1, 0.15) is 27.1 Å². The van der Waals surface area contributed by atoms with Gasteiger partial charge in [-0.15, -0.1) is 0 Å². The number of hydrogen-bond acceptors (Lipinski definition) is 4. The smallest absolute Gasteiger partial charge is 0.332 e. The number of aliphatic hydroxyl groups is 1. The Morgan fingerprint density at radius 2 is 1.89 bits per heavy atom. The van der Waals surface area contributed by atoms with Gasteiger partial charge in [0.1, 0.15) is 0 Å². The lowest BCUT2D eigenvalue weighted by atomic mass is 10.1. The first kappa shape index (κ1) is 14.7. The van der Waals surface area contributed by atoms with Crippen LogP contribution in [0.25, 0.3) is 0 Å². The molecule has 0 bridgehead atoms. The maximum absolute atomic E-state index is 11.7. The Labute approximate surface area is 109 Å².